The summed E-state index contributed by atoms with van der Waals surface area (Å²) in [5.41, 5.74) is 0.0177. The third kappa shape index (κ3) is 3.46. The van der Waals surface area contributed by atoms with E-state index in [2.05, 4.69) is 5.32 Å². The molecule has 0 amide bonds. The number of nitro benzene ring substituents is 1. The van der Waals surface area contributed by atoms with Crippen LogP contribution >= 0.6 is 0 Å². The molecule has 20 heavy (non-hydrogen) atoms. The number of ether oxygens (including phenoxy) is 1. The average molecular weight is 280 g/mol. The molecule has 0 aliphatic heterocycles. The van der Waals surface area contributed by atoms with Crippen LogP contribution in [0.5, 0.6) is 5.75 Å². The molecule has 6 heteroatoms. The molecular weight excluding hydrogens is 260 g/mol. The molecule has 1 aliphatic carbocycles. The van der Waals surface area contributed by atoms with Crippen LogP contribution in [0, 0.1) is 10.1 Å². The van der Waals surface area contributed by atoms with Crippen LogP contribution in [0.4, 0.5) is 5.69 Å². The molecule has 1 aliphatic rings. The third-order valence-electron chi connectivity index (χ3n) is 3.65. The summed E-state index contributed by atoms with van der Waals surface area (Å²) in [4.78, 5) is 10.4. The Bertz CT molecular complexity index is 484. The van der Waals surface area contributed by atoms with E-state index in [4.69, 9.17) is 4.74 Å². The summed E-state index contributed by atoms with van der Waals surface area (Å²) >= 11 is 0. The van der Waals surface area contributed by atoms with Crippen molar-refractivity contribution in [3.8, 4) is 5.75 Å². The van der Waals surface area contributed by atoms with Crippen molar-refractivity contribution in [3.05, 3.63) is 33.9 Å². The second kappa shape index (κ2) is 6.19. The number of hydrogen-bond acceptors (Lipinski definition) is 5. The van der Waals surface area contributed by atoms with Gasteiger partial charge in [-0.1, -0.05) is 12.8 Å². The monoisotopic (exact) mass is 280 g/mol. The lowest BCUT2D eigenvalue weighted by atomic mass is 10.0. The first-order valence-corrected chi connectivity index (χ1v) is 6.81. The largest absolute Gasteiger partial charge is 0.490 e. The number of rotatable bonds is 6. The zero-order valence-corrected chi connectivity index (χ0v) is 11.6. The fraction of sp³-hybridized carbons (Fsp3) is 0.571. The molecule has 6 nitrogen and oxygen atoms in total. The molecule has 0 radical (unpaired) electrons. The highest BCUT2D eigenvalue weighted by atomic mass is 16.6. The molecule has 1 aromatic rings. The summed E-state index contributed by atoms with van der Waals surface area (Å²) in [5.74, 6) is 0.588. The van der Waals surface area contributed by atoms with E-state index in [1.165, 1.54) is 12.1 Å². The van der Waals surface area contributed by atoms with Crippen molar-refractivity contribution in [3.63, 3.8) is 0 Å². The number of hydrogen-bond donors (Lipinski definition) is 2. The van der Waals surface area contributed by atoms with Crippen molar-refractivity contribution in [2.75, 3.05) is 13.7 Å². The molecule has 2 rings (SSSR count). The van der Waals surface area contributed by atoms with Crippen molar-refractivity contribution < 1.29 is 14.8 Å². The Balaban J connectivity index is 2.11. The van der Waals surface area contributed by atoms with Crippen molar-refractivity contribution in [1.82, 2.24) is 5.32 Å². The van der Waals surface area contributed by atoms with Gasteiger partial charge in [0.25, 0.3) is 5.69 Å². The molecule has 0 saturated heterocycles. The highest BCUT2D eigenvalue weighted by Crippen LogP contribution is 2.31. The molecular formula is C14H20N2O4. The smallest absolute Gasteiger partial charge is 0.270 e. The summed E-state index contributed by atoms with van der Waals surface area (Å²) in [6.45, 7) is 0.719. The number of nitro groups is 1. The van der Waals surface area contributed by atoms with Gasteiger partial charge in [0.05, 0.1) is 10.5 Å². The minimum absolute atomic E-state index is 0.0437. The first-order valence-electron chi connectivity index (χ1n) is 6.81. The Hall–Kier alpha value is -1.66. The molecule has 0 spiro atoms. The van der Waals surface area contributed by atoms with E-state index in [-0.39, 0.29) is 12.3 Å². The summed E-state index contributed by atoms with van der Waals surface area (Å²) < 4.78 is 5.70. The number of aliphatic hydroxyl groups is 1. The minimum atomic E-state index is -0.751. The van der Waals surface area contributed by atoms with Gasteiger partial charge in [-0.2, -0.15) is 0 Å². The van der Waals surface area contributed by atoms with Gasteiger partial charge in [-0.3, -0.25) is 10.1 Å². The van der Waals surface area contributed by atoms with Gasteiger partial charge in [0.1, 0.15) is 12.4 Å². The van der Waals surface area contributed by atoms with E-state index in [1.54, 1.807) is 13.1 Å². The standard InChI is InChI=1S/C14H20N2O4/c1-15-9-11-8-12(16(18)19)4-5-13(11)20-10-14(17)6-2-3-7-14/h4-5,8,15,17H,2-3,6-7,9-10H2,1H3. The quantitative estimate of drug-likeness (QED) is 0.615. The Morgan fingerprint density at radius 3 is 2.75 bits per heavy atom. The first kappa shape index (κ1) is 14.7. The zero-order valence-electron chi connectivity index (χ0n) is 11.6. The fourth-order valence-corrected chi connectivity index (χ4v) is 2.54. The van der Waals surface area contributed by atoms with E-state index in [0.717, 1.165) is 31.2 Å². The van der Waals surface area contributed by atoms with E-state index in [1.807, 2.05) is 0 Å². The van der Waals surface area contributed by atoms with Crippen molar-refractivity contribution in [1.29, 1.82) is 0 Å². The Kier molecular flexibility index (Phi) is 4.57. The van der Waals surface area contributed by atoms with Crippen LogP contribution in [0.1, 0.15) is 31.2 Å². The van der Waals surface area contributed by atoms with Crippen LogP contribution in [0.2, 0.25) is 0 Å². The van der Waals surface area contributed by atoms with E-state index >= 15 is 0 Å². The van der Waals surface area contributed by atoms with E-state index < -0.39 is 10.5 Å². The SMILES string of the molecule is CNCc1cc([N+](=O)[O-])ccc1OCC1(O)CCCC1. The lowest BCUT2D eigenvalue weighted by Crippen LogP contribution is -2.32. The Labute approximate surface area is 117 Å². The number of nitrogens with one attached hydrogen (secondary N) is 1. The van der Waals surface area contributed by atoms with Gasteiger partial charge < -0.3 is 15.2 Å². The normalized spacial score (nSPS) is 17.1. The highest BCUT2D eigenvalue weighted by Gasteiger charge is 2.32. The number of nitrogens with zero attached hydrogens (tertiary/aromatic N) is 1. The summed E-state index contributed by atoms with van der Waals surface area (Å²) in [6, 6.07) is 4.53. The summed E-state index contributed by atoms with van der Waals surface area (Å²) in [6.07, 6.45) is 3.54. The predicted molar refractivity (Wildman–Crippen MR) is 74.8 cm³/mol. The van der Waals surface area contributed by atoms with Gasteiger partial charge in [-0.15, -0.1) is 0 Å². The highest BCUT2D eigenvalue weighted by molar-refractivity contribution is 5.43. The van der Waals surface area contributed by atoms with Gasteiger partial charge in [0, 0.05) is 24.2 Å². The van der Waals surface area contributed by atoms with Crippen LogP contribution in [-0.2, 0) is 6.54 Å². The minimum Gasteiger partial charge on any atom is -0.490 e. The lowest BCUT2D eigenvalue weighted by Gasteiger charge is -2.23. The second-order valence-corrected chi connectivity index (χ2v) is 5.30. The van der Waals surface area contributed by atoms with Gasteiger partial charge in [0.2, 0.25) is 0 Å². The van der Waals surface area contributed by atoms with Crippen LogP contribution in [0.3, 0.4) is 0 Å². The Morgan fingerprint density at radius 1 is 1.45 bits per heavy atom. The van der Waals surface area contributed by atoms with E-state index in [0.29, 0.717) is 12.3 Å². The molecule has 1 fully saturated rings. The molecule has 0 aromatic heterocycles. The summed E-state index contributed by atoms with van der Waals surface area (Å²) in [7, 11) is 1.77. The number of non-ortho nitro benzene ring substituents is 1. The van der Waals surface area contributed by atoms with Crippen LogP contribution in [0.25, 0.3) is 0 Å². The average Bonchev–Trinajstić information content (AvgIpc) is 2.85. The molecule has 110 valence electrons. The summed E-state index contributed by atoms with van der Waals surface area (Å²) in [5, 5.41) is 24.0. The molecule has 2 N–H and O–H groups in total. The van der Waals surface area contributed by atoms with Crippen molar-refractivity contribution in [2.45, 2.75) is 37.8 Å². The van der Waals surface area contributed by atoms with Crippen LogP contribution in [0.15, 0.2) is 18.2 Å². The maximum absolute atomic E-state index is 10.8. The lowest BCUT2D eigenvalue weighted by molar-refractivity contribution is -0.384. The number of benzene rings is 1. The second-order valence-electron chi connectivity index (χ2n) is 5.30. The maximum Gasteiger partial charge on any atom is 0.270 e. The molecule has 1 saturated carbocycles. The molecule has 1 aromatic carbocycles. The van der Waals surface area contributed by atoms with Crippen LogP contribution < -0.4 is 10.1 Å². The zero-order chi connectivity index (χ0) is 14.6. The predicted octanol–water partition coefficient (Wildman–Crippen LogP) is 2.00. The maximum atomic E-state index is 10.8. The molecule has 0 unspecified atom stereocenters. The third-order valence-corrected chi connectivity index (χ3v) is 3.65. The fourth-order valence-electron chi connectivity index (χ4n) is 2.54. The van der Waals surface area contributed by atoms with Crippen molar-refractivity contribution in [2.24, 2.45) is 0 Å². The van der Waals surface area contributed by atoms with Gasteiger partial charge >= 0.3 is 0 Å². The molecule has 0 heterocycles. The van der Waals surface area contributed by atoms with Crippen LogP contribution in [-0.4, -0.2) is 29.3 Å². The van der Waals surface area contributed by atoms with Crippen molar-refractivity contribution >= 4 is 5.69 Å². The molecule has 0 bridgehead atoms. The van der Waals surface area contributed by atoms with Gasteiger partial charge in [-0.25, -0.2) is 0 Å². The Morgan fingerprint density at radius 2 is 2.15 bits per heavy atom. The molecule has 0 atom stereocenters. The van der Waals surface area contributed by atoms with E-state index in [9.17, 15) is 15.2 Å². The van der Waals surface area contributed by atoms with Gasteiger partial charge in [0.15, 0.2) is 0 Å². The van der Waals surface area contributed by atoms with Gasteiger partial charge in [-0.05, 0) is 26.0 Å². The first-order chi connectivity index (χ1) is 9.54. The topological polar surface area (TPSA) is 84.6 Å².